The SMILES string of the molecule is C=CC(=O)Nc1cc(Nc2cc(-c3ccc4c(cnn4C)c3)ncn2)c(OC)cc1N1CCN(CC(F)(F)F)CC1. The molecule has 0 saturated carbocycles. The number of hydrogen-bond donors (Lipinski definition) is 2. The molecule has 1 aliphatic heterocycles. The average Bonchev–Trinajstić information content (AvgIpc) is 3.33. The van der Waals surface area contributed by atoms with Crippen LogP contribution >= 0.6 is 0 Å². The fourth-order valence-corrected chi connectivity index (χ4v) is 4.83. The van der Waals surface area contributed by atoms with Crippen molar-refractivity contribution >= 4 is 39.7 Å². The highest BCUT2D eigenvalue weighted by Gasteiger charge is 2.32. The van der Waals surface area contributed by atoms with Crippen LogP contribution in [0.25, 0.3) is 22.2 Å². The molecule has 1 aliphatic rings. The monoisotopic (exact) mass is 566 g/mol. The molecule has 3 heterocycles. The Morgan fingerprint density at radius 2 is 1.88 bits per heavy atom. The number of carbonyl (C=O) groups excluding carboxylic acids is 1. The van der Waals surface area contributed by atoms with Gasteiger partial charge in [0.1, 0.15) is 17.9 Å². The van der Waals surface area contributed by atoms with Gasteiger partial charge in [-0.25, -0.2) is 9.97 Å². The average molecular weight is 567 g/mol. The second-order valence-corrected chi connectivity index (χ2v) is 9.60. The summed E-state index contributed by atoms with van der Waals surface area (Å²) in [5, 5.41) is 11.3. The van der Waals surface area contributed by atoms with Crippen LogP contribution in [0.3, 0.4) is 0 Å². The fraction of sp³-hybridized carbons (Fsp3) is 0.286. The molecule has 1 saturated heterocycles. The number of fused-ring (bicyclic) bond motifs is 1. The Bertz CT molecular complexity index is 1580. The number of aromatic nitrogens is 4. The molecule has 1 fully saturated rings. The number of halogens is 3. The standard InChI is InChI=1S/C28H29F3N8O2/c1-4-27(40)36-21-12-22(25(41-3)14-24(21)39-9-7-38(8-10-39)16-28(29,30)31)35-26-13-20(32-17-33-26)18-5-6-23-19(11-18)15-34-37(23)2/h4-6,11-15,17H,1,7-10,16H2,2-3H3,(H,36,40)(H,32,33,35). The van der Waals surface area contributed by atoms with Crippen molar-refractivity contribution in [3.8, 4) is 17.0 Å². The number of hydrogen-bond acceptors (Lipinski definition) is 8. The number of aryl methyl sites for hydroxylation is 1. The summed E-state index contributed by atoms with van der Waals surface area (Å²) in [6.07, 6.45) is 0.139. The third-order valence-electron chi connectivity index (χ3n) is 6.85. The van der Waals surface area contributed by atoms with E-state index in [4.69, 9.17) is 4.74 Å². The number of methoxy groups -OCH3 is 1. The zero-order chi connectivity index (χ0) is 29.1. The lowest BCUT2D eigenvalue weighted by Crippen LogP contribution is -2.49. The summed E-state index contributed by atoms with van der Waals surface area (Å²) in [7, 11) is 3.40. The van der Waals surface area contributed by atoms with Gasteiger partial charge in [0.25, 0.3) is 0 Å². The third-order valence-corrected chi connectivity index (χ3v) is 6.85. The molecule has 0 bridgehead atoms. The second kappa shape index (κ2) is 11.5. The van der Waals surface area contributed by atoms with Gasteiger partial charge < -0.3 is 20.3 Å². The molecule has 41 heavy (non-hydrogen) atoms. The highest BCUT2D eigenvalue weighted by Crippen LogP contribution is 2.39. The molecule has 1 amide bonds. The molecule has 0 atom stereocenters. The first-order chi connectivity index (χ1) is 19.6. The summed E-state index contributed by atoms with van der Waals surface area (Å²) in [5.74, 6) is 0.536. The van der Waals surface area contributed by atoms with E-state index in [9.17, 15) is 18.0 Å². The van der Waals surface area contributed by atoms with Gasteiger partial charge in [-0.2, -0.15) is 18.3 Å². The highest BCUT2D eigenvalue weighted by molar-refractivity contribution is 6.02. The quantitative estimate of drug-likeness (QED) is 0.299. The van der Waals surface area contributed by atoms with Crippen LogP contribution in [0.2, 0.25) is 0 Å². The number of anilines is 4. The van der Waals surface area contributed by atoms with Crippen LogP contribution in [-0.2, 0) is 11.8 Å². The smallest absolute Gasteiger partial charge is 0.401 e. The maximum absolute atomic E-state index is 12.9. The van der Waals surface area contributed by atoms with Crippen molar-refractivity contribution in [1.29, 1.82) is 0 Å². The van der Waals surface area contributed by atoms with E-state index >= 15 is 0 Å². The minimum Gasteiger partial charge on any atom is -0.494 e. The Morgan fingerprint density at radius 1 is 1.10 bits per heavy atom. The molecule has 4 aromatic rings. The number of piperazine rings is 1. The van der Waals surface area contributed by atoms with Gasteiger partial charge in [0, 0.05) is 56.3 Å². The summed E-state index contributed by atoms with van der Waals surface area (Å²) in [6, 6.07) is 11.2. The van der Waals surface area contributed by atoms with Crippen LogP contribution in [-0.4, -0.2) is 76.6 Å². The zero-order valence-electron chi connectivity index (χ0n) is 22.6. The van der Waals surface area contributed by atoms with Crippen molar-refractivity contribution in [2.24, 2.45) is 7.05 Å². The van der Waals surface area contributed by atoms with E-state index in [1.54, 1.807) is 29.1 Å². The fourth-order valence-electron chi connectivity index (χ4n) is 4.83. The first kappa shape index (κ1) is 27.9. The number of ether oxygens (including phenoxy) is 1. The normalized spacial score (nSPS) is 14.2. The molecule has 0 unspecified atom stereocenters. The Kier molecular flexibility index (Phi) is 7.79. The molecule has 2 aromatic heterocycles. The van der Waals surface area contributed by atoms with E-state index in [2.05, 4.69) is 32.3 Å². The number of rotatable bonds is 8. The van der Waals surface area contributed by atoms with Crippen molar-refractivity contribution in [1.82, 2.24) is 24.6 Å². The van der Waals surface area contributed by atoms with E-state index in [1.807, 2.05) is 30.1 Å². The van der Waals surface area contributed by atoms with Gasteiger partial charge in [0.2, 0.25) is 5.91 Å². The van der Waals surface area contributed by atoms with Crippen LogP contribution in [0.4, 0.5) is 36.1 Å². The Hall–Kier alpha value is -4.65. The molecule has 2 N–H and O–H groups in total. The molecule has 214 valence electrons. The number of carbonyl (C=O) groups is 1. The molecule has 0 aliphatic carbocycles. The highest BCUT2D eigenvalue weighted by atomic mass is 19.4. The maximum Gasteiger partial charge on any atom is 0.401 e. The molecular weight excluding hydrogens is 537 g/mol. The lowest BCUT2D eigenvalue weighted by atomic mass is 10.1. The molecule has 2 aromatic carbocycles. The predicted molar refractivity (Wildman–Crippen MR) is 152 cm³/mol. The minimum atomic E-state index is -4.26. The van der Waals surface area contributed by atoms with Crippen molar-refractivity contribution in [3.05, 3.63) is 61.6 Å². The summed E-state index contributed by atoms with van der Waals surface area (Å²) in [5.41, 5.74) is 4.20. The van der Waals surface area contributed by atoms with Crippen LogP contribution in [0.5, 0.6) is 5.75 Å². The minimum absolute atomic E-state index is 0.227. The number of nitrogens with zero attached hydrogens (tertiary/aromatic N) is 6. The van der Waals surface area contributed by atoms with Crippen LogP contribution < -0.4 is 20.3 Å². The lowest BCUT2D eigenvalue weighted by Gasteiger charge is -2.37. The van der Waals surface area contributed by atoms with Crippen LogP contribution in [0.1, 0.15) is 0 Å². The van der Waals surface area contributed by atoms with E-state index < -0.39 is 18.6 Å². The van der Waals surface area contributed by atoms with E-state index in [0.717, 1.165) is 22.5 Å². The van der Waals surface area contributed by atoms with Crippen LogP contribution in [0, 0.1) is 0 Å². The molecular formula is C28H29F3N8O2. The van der Waals surface area contributed by atoms with Gasteiger partial charge in [-0.15, -0.1) is 0 Å². The van der Waals surface area contributed by atoms with Crippen molar-refractivity contribution in [2.45, 2.75) is 6.18 Å². The Morgan fingerprint density at radius 3 is 2.59 bits per heavy atom. The van der Waals surface area contributed by atoms with Gasteiger partial charge in [-0.1, -0.05) is 12.6 Å². The second-order valence-electron chi connectivity index (χ2n) is 9.60. The van der Waals surface area contributed by atoms with Gasteiger partial charge in [0.05, 0.1) is 48.1 Å². The number of alkyl halides is 3. The van der Waals surface area contributed by atoms with Gasteiger partial charge in [0.15, 0.2) is 0 Å². The molecule has 0 radical (unpaired) electrons. The van der Waals surface area contributed by atoms with Crippen molar-refractivity contribution in [2.75, 3.05) is 55.4 Å². The van der Waals surface area contributed by atoms with Crippen LogP contribution in [0.15, 0.2) is 61.6 Å². The summed E-state index contributed by atoms with van der Waals surface area (Å²) >= 11 is 0. The summed E-state index contributed by atoms with van der Waals surface area (Å²) in [6.45, 7) is 3.72. The zero-order valence-corrected chi connectivity index (χ0v) is 22.6. The molecule has 0 spiro atoms. The molecule has 13 heteroatoms. The number of nitrogens with one attached hydrogen (secondary N) is 2. The lowest BCUT2D eigenvalue weighted by molar-refractivity contribution is -0.146. The Labute approximate surface area is 234 Å². The van der Waals surface area contributed by atoms with Gasteiger partial charge in [-0.3, -0.25) is 14.4 Å². The summed E-state index contributed by atoms with van der Waals surface area (Å²) < 4.78 is 46.0. The van der Waals surface area contributed by atoms with Crippen molar-refractivity contribution < 1.29 is 22.7 Å². The largest absolute Gasteiger partial charge is 0.494 e. The van der Waals surface area contributed by atoms with E-state index in [0.29, 0.717) is 47.4 Å². The Balaban J connectivity index is 1.42. The summed E-state index contributed by atoms with van der Waals surface area (Å²) in [4.78, 5) is 24.4. The maximum atomic E-state index is 12.9. The van der Waals surface area contributed by atoms with Gasteiger partial charge in [-0.05, 0) is 24.3 Å². The van der Waals surface area contributed by atoms with Crippen molar-refractivity contribution in [3.63, 3.8) is 0 Å². The predicted octanol–water partition coefficient (Wildman–Crippen LogP) is 4.59. The topological polar surface area (TPSA) is 100 Å². The molecule has 10 nitrogen and oxygen atoms in total. The number of amides is 1. The van der Waals surface area contributed by atoms with E-state index in [1.165, 1.54) is 18.3 Å². The first-order valence-electron chi connectivity index (χ1n) is 12.8. The van der Waals surface area contributed by atoms with Gasteiger partial charge >= 0.3 is 6.18 Å². The molecule has 5 rings (SSSR count). The number of benzene rings is 2. The third kappa shape index (κ3) is 6.40. The van der Waals surface area contributed by atoms with E-state index in [-0.39, 0.29) is 13.1 Å². The first-order valence-corrected chi connectivity index (χ1v) is 12.8.